The lowest BCUT2D eigenvalue weighted by atomic mass is 9.77. The molecule has 0 radical (unpaired) electrons. The van der Waals surface area contributed by atoms with Crippen LogP contribution in [0.15, 0.2) is 83.8 Å². The second-order valence-corrected chi connectivity index (χ2v) is 10.1. The van der Waals surface area contributed by atoms with Crippen LogP contribution in [0, 0.1) is 12.8 Å². The monoisotopic (exact) mass is 446 g/mol. The summed E-state index contributed by atoms with van der Waals surface area (Å²) in [6.07, 6.45) is 5.33. The topological polar surface area (TPSA) is 67.4 Å². The standard InChI is InChI=1S/C26H26N2O3S/c1-17-10-12-18(13-11-17)28-32(29,30)19-14-15-24-23(16-19)20-7-5-8-21(20)26(27-24)22-6-3-4-9-25(22)31-2/h3-7,9-16,20-21,26-28H,8H2,1-2H3/t20-,21+,26-/m0/s1. The molecular weight excluding hydrogens is 420 g/mol. The summed E-state index contributed by atoms with van der Waals surface area (Å²) >= 11 is 0. The first-order valence-corrected chi connectivity index (χ1v) is 12.2. The molecule has 32 heavy (non-hydrogen) atoms. The van der Waals surface area contributed by atoms with Crippen molar-refractivity contribution in [1.29, 1.82) is 0 Å². The summed E-state index contributed by atoms with van der Waals surface area (Å²) in [4.78, 5) is 0.272. The van der Waals surface area contributed by atoms with Gasteiger partial charge in [-0.25, -0.2) is 8.42 Å². The molecule has 2 N–H and O–H groups in total. The number of anilines is 2. The van der Waals surface area contributed by atoms with Gasteiger partial charge in [0, 0.05) is 22.9 Å². The number of ether oxygens (including phenoxy) is 1. The lowest BCUT2D eigenvalue weighted by molar-refractivity contribution is 0.381. The van der Waals surface area contributed by atoms with Crippen molar-refractivity contribution >= 4 is 21.4 Å². The number of rotatable bonds is 5. The maximum atomic E-state index is 13.1. The fraction of sp³-hybridized carbons (Fsp3) is 0.231. The molecule has 3 atom stereocenters. The maximum Gasteiger partial charge on any atom is 0.261 e. The fourth-order valence-corrected chi connectivity index (χ4v) is 5.90. The van der Waals surface area contributed by atoms with Gasteiger partial charge in [0.15, 0.2) is 0 Å². The van der Waals surface area contributed by atoms with Crippen LogP contribution in [0.2, 0.25) is 0 Å². The molecule has 0 amide bonds. The van der Waals surface area contributed by atoms with Crippen molar-refractivity contribution in [1.82, 2.24) is 0 Å². The molecule has 1 aliphatic carbocycles. The largest absolute Gasteiger partial charge is 0.496 e. The predicted octanol–water partition coefficient (Wildman–Crippen LogP) is 5.63. The van der Waals surface area contributed by atoms with Gasteiger partial charge in [-0.2, -0.15) is 0 Å². The first-order chi connectivity index (χ1) is 15.5. The number of hydrogen-bond donors (Lipinski definition) is 2. The molecule has 5 rings (SSSR count). The molecule has 5 nitrogen and oxygen atoms in total. The zero-order valence-electron chi connectivity index (χ0n) is 18.1. The minimum atomic E-state index is -3.69. The maximum absolute atomic E-state index is 13.1. The first kappa shape index (κ1) is 20.6. The molecule has 0 unspecified atom stereocenters. The third-order valence-electron chi connectivity index (χ3n) is 6.42. The molecule has 3 aromatic carbocycles. The van der Waals surface area contributed by atoms with Gasteiger partial charge < -0.3 is 10.1 Å². The van der Waals surface area contributed by atoms with E-state index in [-0.39, 0.29) is 16.9 Å². The van der Waals surface area contributed by atoms with Gasteiger partial charge in [-0.15, -0.1) is 0 Å². The number of nitrogens with one attached hydrogen (secondary N) is 2. The molecule has 164 valence electrons. The summed E-state index contributed by atoms with van der Waals surface area (Å²) in [5.41, 5.74) is 4.74. The molecule has 1 aliphatic heterocycles. The molecule has 0 spiro atoms. The molecule has 2 aliphatic rings. The van der Waals surface area contributed by atoms with E-state index in [0.717, 1.165) is 34.5 Å². The smallest absolute Gasteiger partial charge is 0.261 e. The molecule has 0 saturated carbocycles. The van der Waals surface area contributed by atoms with Gasteiger partial charge in [0.1, 0.15) is 5.75 Å². The van der Waals surface area contributed by atoms with Crippen molar-refractivity contribution < 1.29 is 13.2 Å². The summed E-state index contributed by atoms with van der Waals surface area (Å²) in [6.45, 7) is 1.97. The zero-order chi connectivity index (χ0) is 22.3. The summed E-state index contributed by atoms with van der Waals surface area (Å²) in [6, 6.07) is 20.9. The lowest BCUT2D eigenvalue weighted by Crippen LogP contribution is -2.29. The third kappa shape index (κ3) is 3.65. The Morgan fingerprint density at radius 1 is 1.00 bits per heavy atom. The van der Waals surface area contributed by atoms with E-state index in [0.29, 0.717) is 11.6 Å². The quantitative estimate of drug-likeness (QED) is 0.499. The van der Waals surface area contributed by atoms with E-state index < -0.39 is 10.0 Å². The van der Waals surface area contributed by atoms with Crippen LogP contribution < -0.4 is 14.8 Å². The average molecular weight is 447 g/mol. The summed E-state index contributed by atoms with van der Waals surface area (Å²) in [7, 11) is -1.99. The Kier molecular flexibility index (Phi) is 5.18. The molecule has 0 aromatic heterocycles. The predicted molar refractivity (Wildman–Crippen MR) is 128 cm³/mol. The Bertz CT molecular complexity index is 1280. The Balaban J connectivity index is 1.50. The number of para-hydroxylation sites is 1. The second kappa shape index (κ2) is 8.02. The summed E-state index contributed by atoms with van der Waals surface area (Å²) < 4.78 is 34.4. The highest BCUT2D eigenvalue weighted by Crippen LogP contribution is 2.51. The van der Waals surface area contributed by atoms with E-state index in [1.165, 1.54) is 0 Å². The molecule has 0 saturated heterocycles. The average Bonchev–Trinajstić information content (AvgIpc) is 3.30. The second-order valence-electron chi connectivity index (χ2n) is 8.44. The molecule has 0 bridgehead atoms. The van der Waals surface area contributed by atoms with E-state index in [9.17, 15) is 8.42 Å². The lowest BCUT2D eigenvalue weighted by Gasteiger charge is -2.38. The van der Waals surface area contributed by atoms with Crippen LogP contribution in [-0.2, 0) is 10.0 Å². The van der Waals surface area contributed by atoms with Crippen molar-refractivity contribution in [2.24, 2.45) is 5.92 Å². The highest BCUT2D eigenvalue weighted by Gasteiger charge is 2.39. The Labute approximate surface area is 189 Å². The Morgan fingerprint density at radius 3 is 2.56 bits per heavy atom. The number of hydrogen-bond acceptors (Lipinski definition) is 4. The number of sulfonamides is 1. The van der Waals surface area contributed by atoms with Gasteiger partial charge in [-0.3, -0.25) is 4.72 Å². The van der Waals surface area contributed by atoms with Gasteiger partial charge in [-0.1, -0.05) is 48.0 Å². The number of fused-ring (bicyclic) bond motifs is 3. The highest BCUT2D eigenvalue weighted by molar-refractivity contribution is 7.92. The van der Waals surface area contributed by atoms with Crippen molar-refractivity contribution in [2.45, 2.75) is 30.2 Å². The van der Waals surface area contributed by atoms with Crippen molar-refractivity contribution in [3.8, 4) is 5.75 Å². The first-order valence-electron chi connectivity index (χ1n) is 10.8. The zero-order valence-corrected chi connectivity index (χ0v) is 18.9. The van der Waals surface area contributed by atoms with Crippen molar-refractivity contribution in [2.75, 3.05) is 17.1 Å². The summed E-state index contributed by atoms with van der Waals surface area (Å²) in [5, 5.41) is 3.66. The fourth-order valence-electron chi connectivity index (χ4n) is 4.81. The Morgan fingerprint density at radius 2 is 1.78 bits per heavy atom. The normalized spacial score (nSPS) is 21.4. The van der Waals surface area contributed by atoms with Crippen molar-refractivity contribution in [3.63, 3.8) is 0 Å². The number of aryl methyl sites for hydroxylation is 1. The molecule has 3 aromatic rings. The third-order valence-corrected chi connectivity index (χ3v) is 7.80. The van der Waals surface area contributed by atoms with E-state index in [1.54, 1.807) is 25.3 Å². The van der Waals surface area contributed by atoms with Gasteiger partial charge in [0.05, 0.1) is 18.0 Å². The highest BCUT2D eigenvalue weighted by atomic mass is 32.2. The number of methoxy groups -OCH3 is 1. The molecular formula is C26H26N2O3S. The minimum Gasteiger partial charge on any atom is -0.496 e. The molecule has 1 heterocycles. The Hall–Kier alpha value is -3.25. The molecule has 6 heteroatoms. The van der Waals surface area contributed by atoms with E-state index in [2.05, 4.69) is 28.3 Å². The van der Waals surface area contributed by atoms with Gasteiger partial charge in [0.25, 0.3) is 10.0 Å². The minimum absolute atomic E-state index is 0.0896. The van der Waals surface area contributed by atoms with Crippen LogP contribution in [0.3, 0.4) is 0 Å². The van der Waals surface area contributed by atoms with Crippen LogP contribution >= 0.6 is 0 Å². The van der Waals surface area contributed by atoms with Crippen LogP contribution in [-0.4, -0.2) is 15.5 Å². The number of allylic oxidation sites excluding steroid dienone is 2. The van der Waals surface area contributed by atoms with Gasteiger partial charge >= 0.3 is 0 Å². The van der Waals surface area contributed by atoms with Crippen LogP contribution in [0.4, 0.5) is 11.4 Å². The van der Waals surface area contributed by atoms with E-state index >= 15 is 0 Å². The van der Waals surface area contributed by atoms with Gasteiger partial charge in [0.2, 0.25) is 0 Å². The SMILES string of the molecule is COc1ccccc1[C@H]1Nc2ccc(S(=O)(=O)Nc3ccc(C)cc3)cc2[C@H]2C=CC[C@H]21. The summed E-state index contributed by atoms with van der Waals surface area (Å²) in [5.74, 6) is 1.30. The molecule has 0 fully saturated rings. The van der Waals surface area contributed by atoms with Crippen LogP contribution in [0.5, 0.6) is 5.75 Å². The number of benzene rings is 3. The van der Waals surface area contributed by atoms with E-state index in [1.807, 2.05) is 49.4 Å². The van der Waals surface area contributed by atoms with Crippen molar-refractivity contribution in [3.05, 3.63) is 95.6 Å². The van der Waals surface area contributed by atoms with Gasteiger partial charge in [-0.05, 0) is 61.2 Å². The van der Waals surface area contributed by atoms with Crippen LogP contribution in [0.1, 0.15) is 35.1 Å². The van der Waals surface area contributed by atoms with E-state index in [4.69, 9.17) is 4.74 Å². The van der Waals surface area contributed by atoms with Crippen LogP contribution in [0.25, 0.3) is 0 Å².